The molecule has 1 atom stereocenters. The molecule has 0 amide bonds. The van der Waals surface area contributed by atoms with Crippen molar-refractivity contribution in [3.05, 3.63) is 35.9 Å². The topological polar surface area (TPSA) is 29.3 Å². The Hall–Kier alpha value is -0.860. The second-order valence-electron chi connectivity index (χ2n) is 6.70. The third-order valence-corrected chi connectivity index (χ3v) is 4.20. The standard InChI is InChI=1S/C17H28N2/c1-17(2)11-7-13-19(14-17)12-6-10-16(18)15-8-4-3-5-9-15/h3-5,8-9,16H,6-7,10-14,18H2,1-2H3. The summed E-state index contributed by atoms with van der Waals surface area (Å²) in [5, 5.41) is 0. The second-order valence-corrected chi connectivity index (χ2v) is 6.70. The highest BCUT2D eigenvalue weighted by atomic mass is 15.1. The van der Waals surface area contributed by atoms with Gasteiger partial charge in [0, 0.05) is 12.6 Å². The summed E-state index contributed by atoms with van der Waals surface area (Å²) in [5.74, 6) is 0. The fraction of sp³-hybridized carbons (Fsp3) is 0.647. The molecule has 2 N–H and O–H groups in total. The van der Waals surface area contributed by atoms with Crippen molar-refractivity contribution in [2.75, 3.05) is 19.6 Å². The molecular weight excluding hydrogens is 232 g/mol. The minimum Gasteiger partial charge on any atom is -0.324 e. The molecule has 1 aromatic rings. The van der Waals surface area contributed by atoms with Crippen LogP contribution in [0.4, 0.5) is 0 Å². The van der Waals surface area contributed by atoms with E-state index in [1.165, 1.54) is 44.5 Å². The van der Waals surface area contributed by atoms with E-state index in [0.29, 0.717) is 5.41 Å². The van der Waals surface area contributed by atoms with Crippen LogP contribution in [0.2, 0.25) is 0 Å². The first-order valence-corrected chi connectivity index (χ1v) is 7.60. The first-order valence-electron chi connectivity index (χ1n) is 7.60. The number of likely N-dealkylation sites (tertiary alicyclic amines) is 1. The number of rotatable bonds is 5. The fourth-order valence-corrected chi connectivity index (χ4v) is 3.14. The van der Waals surface area contributed by atoms with Crippen LogP contribution in [0, 0.1) is 5.41 Å². The largest absolute Gasteiger partial charge is 0.324 e. The molecule has 0 saturated carbocycles. The van der Waals surface area contributed by atoms with E-state index in [2.05, 4.69) is 43.0 Å². The van der Waals surface area contributed by atoms with Gasteiger partial charge in [0.2, 0.25) is 0 Å². The minimum absolute atomic E-state index is 0.194. The predicted molar refractivity (Wildman–Crippen MR) is 82.1 cm³/mol. The molecule has 0 aromatic heterocycles. The van der Waals surface area contributed by atoms with Crippen LogP contribution in [0.15, 0.2) is 30.3 Å². The van der Waals surface area contributed by atoms with Crippen molar-refractivity contribution >= 4 is 0 Å². The third-order valence-electron chi connectivity index (χ3n) is 4.20. The molecule has 0 aliphatic carbocycles. The maximum atomic E-state index is 6.25. The highest BCUT2D eigenvalue weighted by Crippen LogP contribution is 2.28. The van der Waals surface area contributed by atoms with E-state index in [1.54, 1.807) is 0 Å². The van der Waals surface area contributed by atoms with E-state index < -0.39 is 0 Å². The Morgan fingerprint density at radius 2 is 2.00 bits per heavy atom. The molecule has 1 fully saturated rings. The molecule has 1 heterocycles. The zero-order valence-electron chi connectivity index (χ0n) is 12.4. The van der Waals surface area contributed by atoms with Crippen molar-refractivity contribution < 1.29 is 0 Å². The van der Waals surface area contributed by atoms with Crippen LogP contribution in [0.25, 0.3) is 0 Å². The number of hydrogen-bond donors (Lipinski definition) is 1. The highest BCUT2D eigenvalue weighted by Gasteiger charge is 2.25. The van der Waals surface area contributed by atoms with E-state index >= 15 is 0 Å². The summed E-state index contributed by atoms with van der Waals surface area (Å²) in [4.78, 5) is 2.61. The Morgan fingerprint density at radius 3 is 2.68 bits per heavy atom. The molecule has 1 aromatic carbocycles. The quantitative estimate of drug-likeness (QED) is 0.876. The average molecular weight is 260 g/mol. The van der Waals surface area contributed by atoms with Gasteiger partial charge in [0.25, 0.3) is 0 Å². The molecule has 0 bridgehead atoms. The Balaban J connectivity index is 1.72. The van der Waals surface area contributed by atoms with Gasteiger partial charge in [-0.3, -0.25) is 0 Å². The SMILES string of the molecule is CC1(C)CCCN(CCCC(N)c2ccccc2)C1. The molecule has 106 valence electrons. The summed E-state index contributed by atoms with van der Waals surface area (Å²) < 4.78 is 0. The van der Waals surface area contributed by atoms with Gasteiger partial charge in [-0.1, -0.05) is 44.2 Å². The van der Waals surface area contributed by atoms with E-state index in [-0.39, 0.29) is 6.04 Å². The van der Waals surface area contributed by atoms with Crippen LogP contribution in [-0.2, 0) is 0 Å². The normalized spacial score (nSPS) is 21.2. The maximum absolute atomic E-state index is 6.25. The number of benzene rings is 1. The van der Waals surface area contributed by atoms with Crippen molar-refractivity contribution in [2.45, 2.75) is 45.6 Å². The van der Waals surface area contributed by atoms with Crippen LogP contribution < -0.4 is 5.73 Å². The number of piperidine rings is 1. The summed E-state index contributed by atoms with van der Waals surface area (Å²) >= 11 is 0. The lowest BCUT2D eigenvalue weighted by molar-refractivity contribution is 0.115. The molecule has 19 heavy (non-hydrogen) atoms. The number of hydrogen-bond acceptors (Lipinski definition) is 2. The van der Waals surface area contributed by atoms with Crippen molar-refractivity contribution in [2.24, 2.45) is 11.1 Å². The summed E-state index contributed by atoms with van der Waals surface area (Å²) in [7, 11) is 0. The van der Waals surface area contributed by atoms with Crippen LogP contribution >= 0.6 is 0 Å². The number of nitrogens with two attached hydrogens (primary N) is 1. The lowest BCUT2D eigenvalue weighted by atomic mass is 9.84. The molecule has 2 heteroatoms. The Kier molecular flexibility index (Phi) is 5.00. The number of nitrogens with zero attached hydrogens (tertiary/aromatic N) is 1. The van der Waals surface area contributed by atoms with Gasteiger partial charge in [0.1, 0.15) is 0 Å². The van der Waals surface area contributed by atoms with Crippen LogP contribution in [-0.4, -0.2) is 24.5 Å². The fourth-order valence-electron chi connectivity index (χ4n) is 3.14. The van der Waals surface area contributed by atoms with E-state index in [4.69, 9.17) is 5.73 Å². The molecule has 0 spiro atoms. The van der Waals surface area contributed by atoms with Crippen molar-refractivity contribution in [1.82, 2.24) is 4.90 Å². The average Bonchev–Trinajstić information content (AvgIpc) is 2.38. The zero-order chi connectivity index (χ0) is 13.7. The minimum atomic E-state index is 0.194. The molecule has 2 rings (SSSR count). The van der Waals surface area contributed by atoms with Crippen molar-refractivity contribution in [3.8, 4) is 0 Å². The first kappa shape index (κ1) is 14.5. The summed E-state index contributed by atoms with van der Waals surface area (Å²) in [5.41, 5.74) is 8.01. The van der Waals surface area contributed by atoms with Crippen LogP contribution in [0.3, 0.4) is 0 Å². The third kappa shape index (κ3) is 4.63. The molecule has 2 nitrogen and oxygen atoms in total. The van der Waals surface area contributed by atoms with Gasteiger partial charge < -0.3 is 10.6 Å². The van der Waals surface area contributed by atoms with E-state index in [1.807, 2.05) is 6.07 Å². The summed E-state index contributed by atoms with van der Waals surface area (Å²) in [6.45, 7) is 8.48. The Labute approximate surface area is 118 Å². The van der Waals surface area contributed by atoms with Crippen LogP contribution in [0.1, 0.15) is 51.1 Å². The van der Waals surface area contributed by atoms with Crippen molar-refractivity contribution in [3.63, 3.8) is 0 Å². The second kappa shape index (κ2) is 6.53. The lowest BCUT2D eigenvalue weighted by Gasteiger charge is -2.38. The van der Waals surface area contributed by atoms with Gasteiger partial charge in [0.15, 0.2) is 0 Å². The Morgan fingerprint density at radius 1 is 1.26 bits per heavy atom. The van der Waals surface area contributed by atoms with Crippen LogP contribution in [0.5, 0.6) is 0 Å². The molecule has 1 unspecified atom stereocenters. The van der Waals surface area contributed by atoms with E-state index in [0.717, 1.165) is 6.42 Å². The van der Waals surface area contributed by atoms with Gasteiger partial charge in [-0.15, -0.1) is 0 Å². The summed E-state index contributed by atoms with van der Waals surface area (Å²) in [6.07, 6.45) is 5.00. The highest BCUT2D eigenvalue weighted by molar-refractivity contribution is 5.18. The molecular formula is C17H28N2. The van der Waals surface area contributed by atoms with Gasteiger partial charge in [0.05, 0.1) is 0 Å². The maximum Gasteiger partial charge on any atom is 0.0295 e. The molecule has 1 aliphatic heterocycles. The molecule has 1 aliphatic rings. The van der Waals surface area contributed by atoms with Gasteiger partial charge >= 0.3 is 0 Å². The van der Waals surface area contributed by atoms with Gasteiger partial charge in [-0.25, -0.2) is 0 Å². The van der Waals surface area contributed by atoms with Gasteiger partial charge in [-0.05, 0) is 49.8 Å². The Bertz CT molecular complexity index is 372. The van der Waals surface area contributed by atoms with Gasteiger partial charge in [-0.2, -0.15) is 0 Å². The van der Waals surface area contributed by atoms with E-state index in [9.17, 15) is 0 Å². The first-order chi connectivity index (χ1) is 9.07. The molecule has 0 radical (unpaired) electrons. The smallest absolute Gasteiger partial charge is 0.0295 e. The zero-order valence-corrected chi connectivity index (χ0v) is 12.4. The lowest BCUT2D eigenvalue weighted by Crippen LogP contribution is -2.40. The monoisotopic (exact) mass is 260 g/mol. The summed E-state index contributed by atoms with van der Waals surface area (Å²) in [6, 6.07) is 10.7. The van der Waals surface area contributed by atoms with Crippen molar-refractivity contribution in [1.29, 1.82) is 0 Å². The predicted octanol–water partition coefficient (Wildman–Crippen LogP) is 3.59. The molecule has 1 saturated heterocycles.